The Kier molecular flexibility index (Phi) is 7.99. The fourth-order valence-corrected chi connectivity index (χ4v) is 10.3. The number of benzene rings is 3. The third kappa shape index (κ3) is 5.13. The molecule has 0 aromatic heterocycles. The molecular weight excluding hydrogens is 463 g/mol. The predicted molar refractivity (Wildman–Crippen MR) is 151 cm³/mol. The highest BCUT2D eigenvalue weighted by molar-refractivity contribution is 7.95. The second-order valence-corrected chi connectivity index (χ2v) is 14.7. The van der Waals surface area contributed by atoms with Crippen LogP contribution in [0.2, 0.25) is 0 Å². The monoisotopic (exact) mass is 502 g/mol. The van der Waals surface area contributed by atoms with Gasteiger partial charge in [0.2, 0.25) is 5.91 Å². The number of carbonyl (C=O) groups is 1. The molecule has 189 valence electrons. The third-order valence-electron chi connectivity index (χ3n) is 7.76. The van der Waals surface area contributed by atoms with Crippen LogP contribution in [0.5, 0.6) is 0 Å². The molecule has 4 rings (SSSR count). The van der Waals surface area contributed by atoms with E-state index in [1.165, 1.54) is 15.9 Å². The van der Waals surface area contributed by atoms with Crippen LogP contribution < -0.4 is 21.2 Å². The molecule has 1 fully saturated rings. The average Bonchev–Trinajstić information content (AvgIpc) is 3.06. The van der Waals surface area contributed by atoms with Gasteiger partial charge in [0, 0.05) is 12.1 Å². The van der Waals surface area contributed by atoms with E-state index in [9.17, 15) is 10.0 Å². The van der Waals surface area contributed by atoms with E-state index in [0.29, 0.717) is 13.0 Å². The molecule has 1 atom stereocenters. The molecule has 1 aliphatic rings. The fraction of sp³-hybridized carbons (Fsp3) is 0.387. The van der Waals surface area contributed by atoms with Crippen molar-refractivity contribution in [3.8, 4) is 0 Å². The van der Waals surface area contributed by atoms with E-state index < -0.39 is 18.3 Å². The van der Waals surface area contributed by atoms with Crippen molar-refractivity contribution in [2.45, 2.75) is 58.0 Å². The van der Waals surface area contributed by atoms with Gasteiger partial charge in [-0.15, -0.1) is 10.3 Å². The number of carbonyl (C=O) groups excluding carboxylic acids is 1. The molecule has 36 heavy (non-hydrogen) atoms. The lowest BCUT2D eigenvalue weighted by molar-refractivity contribution is -0.247. The Morgan fingerprint density at radius 2 is 1.25 bits per heavy atom. The van der Waals surface area contributed by atoms with E-state index in [1.807, 2.05) is 27.7 Å². The summed E-state index contributed by atoms with van der Waals surface area (Å²) in [7, 11) is -1.84. The van der Waals surface area contributed by atoms with Crippen LogP contribution in [-0.4, -0.2) is 34.8 Å². The van der Waals surface area contributed by atoms with Crippen LogP contribution in [0.1, 0.15) is 47.0 Å². The number of unbranched alkanes of at least 4 members (excludes halogenated alkanes) is 1. The van der Waals surface area contributed by atoms with Gasteiger partial charge in [-0.05, 0) is 83.4 Å². The van der Waals surface area contributed by atoms with Gasteiger partial charge in [-0.25, -0.2) is 0 Å². The molecule has 0 saturated carbocycles. The van der Waals surface area contributed by atoms with Crippen LogP contribution in [0.3, 0.4) is 0 Å². The molecule has 5 heteroatoms. The molecule has 1 aliphatic heterocycles. The van der Waals surface area contributed by atoms with Crippen LogP contribution in [0.4, 0.5) is 0 Å². The standard InChI is InChI=1S/C31H38N2O2P/c1-30(2)24-28(31(3,4)33(30)35)29(34)32-22-14-15-23-36(25-16-8-5-9-17-25,26-18-10-6-11-19-26)27-20-12-7-13-21-27/h5-13,16-21,28H,14-15,22-24H2,1-4H3/p+1. The molecule has 0 aliphatic carbocycles. The summed E-state index contributed by atoms with van der Waals surface area (Å²) in [6, 6.07) is 32.7. The minimum atomic E-state index is -1.84. The lowest BCUT2D eigenvalue weighted by Crippen LogP contribution is -2.49. The molecular formula is C31H39N2O2P+. The van der Waals surface area contributed by atoms with Crippen molar-refractivity contribution in [3.63, 3.8) is 0 Å². The molecule has 3 aromatic carbocycles. The Morgan fingerprint density at radius 3 is 1.64 bits per heavy atom. The van der Waals surface area contributed by atoms with E-state index in [1.54, 1.807) is 0 Å². The molecule has 1 radical (unpaired) electrons. The van der Waals surface area contributed by atoms with E-state index in [0.717, 1.165) is 24.1 Å². The van der Waals surface area contributed by atoms with Crippen molar-refractivity contribution < 1.29 is 10.0 Å². The first kappa shape index (κ1) is 26.5. The first-order chi connectivity index (χ1) is 17.2. The average molecular weight is 503 g/mol. The number of hydrogen-bond acceptors (Lipinski definition) is 2. The third-order valence-corrected chi connectivity index (χ3v) is 12.3. The zero-order valence-electron chi connectivity index (χ0n) is 22.0. The normalized spacial score (nSPS) is 19.2. The summed E-state index contributed by atoms with van der Waals surface area (Å²) in [5, 5.41) is 21.1. The van der Waals surface area contributed by atoms with Gasteiger partial charge in [0.15, 0.2) is 0 Å². The SMILES string of the molecule is CC1(C)CC(C(=O)NCCCC[P+](c2ccccc2)(c2ccccc2)c2ccccc2)C(C)(C)N1[O]. The summed E-state index contributed by atoms with van der Waals surface area (Å²) in [5.74, 6) is -0.295. The van der Waals surface area contributed by atoms with Gasteiger partial charge in [-0.2, -0.15) is 0 Å². The summed E-state index contributed by atoms with van der Waals surface area (Å²) in [4.78, 5) is 13.0. The van der Waals surface area contributed by atoms with Crippen molar-refractivity contribution in [1.82, 2.24) is 10.4 Å². The highest BCUT2D eigenvalue weighted by Gasteiger charge is 2.55. The van der Waals surface area contributed by atoms with E-state index in [2.05, 4.69) is 96.3 Å². The Labute approximate surface area is 217 Å². The summed E-state index contributed by atoms with van der Waals surface area (Å²) < 4.78 is 0. The minimum absolute atomic E-state index is 0.00154. The molecule has 3 aromatic rings. The Bertz CT molecular complexity index is 1040. The molecule has 1 saturated heterocycles. The number of nitrogens with zero attached hydrogens (tertiary/aromatic N) is 1. The van der Waals surface area contributed by atoms with Crippen LogP contribution >= 0.6 is 7.26 Å². The van der Waals surface area contributed by atoms with Crippen molar-refractivity contribution in [2.24, 2.45) is 5.92 Å². The van der Waals surface area contributed by atoms with E-state index in [-0.39, 0.29) is 11.8 Å². The quantitative estimate of drug-likeness (QED) is 0.327. The Hall–Kier alpha value is -2.52. The maximum absolute atomic E-state index is 13.0. The molecule has 1 unspecified atom stereocenters. The maximum atomic E-state index is 13.0. The summed E-state index contributed by atoms with van der Waals surface area (Å²) in [6.07, 6.45) is 3.52. The highest BCUT2D eigenvalue weighted by Crippen LogP contribution is 2.55. The zero-order chi connectivity index (χ0) is 25.8. The smallest absolute Gasteiger partial charge is 0.225 e. The fourth-order valence-electron chi connectivity index (χ4n) is 5.86. The van der Waals surface area contributed by atoms with Gasteiger partial charge >= 0.3 is 0 Å². The minimum Gasteiger partial charge on any atom is -0.356 e. The lowest BCUT2D eigenvalue weighted by atomic mass is 9.86. The van der Waals surface area contributed by atoms with Crippen molar-refractivity contribution in [2.75, 3.05) is 12.7 Å². The highest BCUT2D eigenvalue weighted by atomic mass is 31.2. The summed E-state index contributed by atoms with van der Waals surface area (Å²) >= 11 is 0. The summed E-state index contributed by atoms with van der Waals surface area (Å²) in [5.41, 5.74) is -1.21. The van der Waals surface area contributed by atoms with Crippen molar-refractivity contribution in [1.29, 1.82) is 0 Å². The first-order valence-corrected chi connectivity index (χ1v) is 15.0. The van der Waals surface area contributed by atoms with Crippen molar-refractivity contribution >= 4 is 29.1 Å². The topological polar surface area (TPSA) is 52.2 Å². The lowest BCUT2D eigenvalue weighted by Gasteiger charge is -2.33. The van der Waals surface area contributed by atoms with Crippen LogP contribution in [0, 0.1) is 5.92 Å². The number of nitrogens with one attached hydrogen (secondary N) is 1. The second kappa shape index (κ2) is 10.8. The zero-order valence-corrected chi connectivity index (χ0v) is 22.9. The van der Waals surface area contributed by atoms with Gasteiger partial charge in [0.25, 0.3) is 0 Å². The van der Waals surface area contributed by atoms with Crippen LogP contribution in [0.25, 0.3) is 0 Å². The van der Waals surface area contributed by atoms with E-state index in [4.69, 9.17) is 0 Å². The number of hydrogen-bond donors (Lipinski definition) is 1. The molecule has 1 amide bonds. The van der Waals surface area contributed by atoms with Gasteiger partial charge in [-0.1, -0.05) is 54.6 Å². The molecule has 4 nitrogen and oxygen atoms in total. The number of rotatable bonds is 9. The maximum Gasteiger partial charge on any atom is 0.225 e. The number of amides is 1. The summed E-state index contributed by atoms with van der Waals surface area (Å²) in [6.45, 7) is 8.25. The van der Waals surface area contributed by atoms with E-state index >= 15 is 0 Å². The largest absolute Gasteiger partial charge is 0.356 e. The van der Waals surface area contributed by atoms with Gasteiger partial charge in [0.1, 0.15) is 23.2 Å². The Morgan fingerprint density at radius 1 is 0.806 bits per heavy atom. The molecule has 1 N–H and O–H groups in total. The van der Waals surface area contributed by atoms with Crippen LogP contribution in [-0.2, 0) is 10.0 Å². The van der Waals surface area contributed by atoms with Gasteiger partial charge in [0.05, 0.1) is 17.6 Å². The van der Waals surface area contributed by atoms with Gasteiger partial charge in [-0.3, -0.25) is 4.79 Å². The number of hydroxylamine groups is 2. The first-order valence-electron chi connectivity index (χ1n) is 13.0. The predicted octanol–water partition coefficient (Wildman–Crippen LogP) is 5.10. The second-order valence-electron chi connectivity index (χ2n) is 11.1. The van der Waals surface area contributed by atoms with Gasteiger partial charge < -0.3 is 5.32 Å². The van der Waals surface area contributed by atoms with Crippen molar-refractivity contribution in [3.05, 3.63) is 91.0 Å². The molecule has 0 bridgehead atoms. The molecule has 1 heterocycles. The molecule has 0 spiro atoms. The Balaban J connectivity index is 1.50. The van der Waals surface area contributed by atoms with Crippen LogP contribution in [0.15, 0.2) is 91.0 Å².